The Labute approximate surface area is 94.8 Å². The van der Waals surface area contributed by atoms with Gasteiger partial charge in [0.05, 0.1) is 0 Å². The largest absolute Gasteiger partial charge is 0.345 e. The van der Waals surface area contributed by atoms with Gasteiger partial charge < -0.3 is 5.32 Å². The number of rotatable bonds is 3. The molecule has 0 spiro atoms. The second-order valence-electron chi connectivity index (χ2n) is 2.97. The van der Waals surface area contributed by atoms with E-state index in [4.69, 9.17) is 0 Å². The molecule has 0 atom stereocenters. The molecule has 80 valence electrons. The van der Waals surface area contributed by atoms with E-state index >= 15 is 0 Å². The summed E-state index contributed by atoms with van der Waals surface area (Å²) < 4.78 is 13.9. The first kappa shape index (κ1) is 11.8. The van der Waals surface area contributed by atoms with Crippen LogP contribution in [0.2, 0.25) is 0 Å². The van der Waals surface area contributed by atoms with Gasteiger partial charge in [-0.05, 0) is 12.1 Å². The van der Waals surface area contributed by atoms with E-state index in [0.29, 0.717) is 10.0 Å². The van der Waals surface area contributed by atoms with Crippen molar-refractivity contribution in [1.29, 1.82) is 0 Å². The summed E-state index contributed by atoms with van der Waals surface area (Å²) in [5.41, 5.74) is 0.341. The van der Waals surface area contributed by atoms with E-state index < -0.39 is 17.5 Å². The highest BCUT2D eigenvalue weighted by atomic mass is 79.9. The zero-order valence-electron chi connectivity index (χ0n) is 8.01. The van der Waals surface area contributed by atoms with Crippen molar-refractivity contribution in [3.63, 3.8) is 0 Å². The van der Waals surface area contributed by atoms with E-state index in [1.165, 1.54) is 6.07 Å². The van der Waals surface area contributed by atoms with E-state index in [1.54, 1.807) is 12.1 Å². The van der Waals surface area contributed by atoms with Crippen LogP contribution in [0.1, 0.15) is 12.5 Å². The molecule has 3 nitrogen and oxygen atoms in total. The van der Waals surface area contributed by atoms with Crippen molar-refractivity contribution in [1.82, 2.24) is 5.32 Å². The van der Waals surface area contributed by atoms with Crippen LogP contribution in [0.3, 0.4) is 0 Å². The van der Waals surface area contributed by atoms with Crippen LogP contribution in [0, 0.1) is 5.82 Å². The molecule has 0 fully saturated rings. The molecule has 1 N–H and O–H groups in total. The lowest BCUT2D eigenvalue weighted by atomic mass is 10.2. The first-order chi connectivity index (χ1) is 7.00. The Morgan fingerprint density at radius 3 is 2.67 bits per heavy atom. The maximum absolute atomic E-state index is 13.2. The number of benzene rings is 1. The van der Waals surface area contributed by atoms with E-state index in [0.717, 1.165) is 6.92 Å². The lowest BCUT2D eigenvalue weighted by Crippen LogP contribution is -2.28. The van der Waals surface area contributed by atoms with Crippen molar-refractivity contribution in [3.05, 3.63) is 34.1 Å². The minimum absolute atomic E-state index is 0.0114. The molecule has 15 heavy (non-hydrogen) atoms. The van der Waals surface area contributed by atoms with Gasteiger partial charge in [-0.15, -0.1) is 0 Å². The molecular weight excluding hydrogens is 265 g/mol. The van der Waals surface area contributed by atoms with Crippen LogP contribution >= 0.6 is 15.9 Å². The van der Waals surface area contributed by atoms with E-state index in [2.05, 4.69) is 21.2 Å². The van der Waals surface area contributed by atoms with Gasteiger partial charge in [-0.25, -0.2) is 4.39 Å². The normalized spacial score (nSPS) is 9.80. The minimum atomic E-state index is -0.711. The van der Waals surface area contributed by atoms with Gasteiger partial charge in [0, 0.05) is 23.5 Å². The Morgan fingerprint density at radius 2 is 2.13 bits per heavy atom. The average molecular weight is 274 g/mol. The maximum Gasteiger partial charge on any atom is 0.287 e. The number of halogens is 2. The van der Waals surface area contributed by atoms with Crippen molar-refractivity contribution < 1.29 is 14.0 Å². The summed E-state index contributed by atoms with van der Waals surface area (Å²) in [7, 11) is 0. The van der Waals surface area contributed by atoms with Gasteiger partial charge in [-0.3, -0.25) is 9.59 Å². The summed E-state index contributed by atoms with van der Waals surface area (Å²) in [6, 6.07) is 4.51. The Kier molecular flexibility index (Phi) is 3.96. The minimum Gasteiger partial charge on any atom is -0.345 e. The van der Waals surface area contributed by atoms with Crippen molar-refractivity contribution in [2.75, 3.05) is 0 Å². The highest BCUT2D eigenvalue weighted by Gasteiger charge is 2.08. The smallest absolute Gasteiger partial charge is 0.287 e. The molecule has 1 aromatic carbocycles. The number of ketones is 1. The van der Waals surface area contributed by atoms with Gasteiger partial charge in [0.25, 0.3) is 5.91 Å². The van der Waals surface area contributed by atoms with Crippen LogP contribution < -0.4 is 5.32 Å². The van der Waals surface area contributed by atoms with Crippen molar-refractivity contribution in [3.8, 4) is 0 Å². The molecular formula is C10H9BrFNO2. The van der Waals surface area contributed by atoms with E-state index in [1.807, 2.05) is 0 Å². The Balaban J connectivity index is 2.66. The summed E-state index contributed by atoms with van der Waals surface area (Å²) in [4.78, 5) is 21.5. The molecule has 0 radical (unpaired) electrons. The molecule has 0 aliphatic rings. The topological polar surface area (TPSA) is 46.2 Å². The van der Waals surface area contributed by atoms with Crippen molar-refractivity contribution in [2.45, 2.75) is 13.5 Å². The van der Waals surface area contributed by atoms with Gasteiger partial charge in [-0.2, -0.15) is 0 Å². The van der Waals surface area contributed by atoms with Crippen LogP contribution in [-0.4, -0.2) is 11.7 Å². The molecule has 1 amide bonds. The van der Waals surface area contributed by atoms with Crippen LogP contribution in [0.25, 0.3) is 0 Å². The monoisotopic (exact) mass is 273 g/mol. The molecule has 0 saturated heterocycles. The zero-order valence-corrected chi connectivity index (χ0v) is 9.60. The highest BCUT2D eigenvalue weighted by molar-refractivity contribution is 9.10. The molecule has 0 aliphatic heterocycles. The number of carbonyl (C=O) groups excluding carboxylic acids is 2. The number of amides is 1. The standard InChI is InChI=1S/C10H9BrFNO2/c1-6(14)10(15)13-5-7-2-3-8(11)4-9(7)12/h2-4H,5H2,1H3,(H,13,15). The Morgan fingerprint density at radius 1 is 1.47 bits per heavy atom. The number of carbonyl (C=O) groups is 2. The van der Waals surface area contributed by atoms with Gasteiger partial charge in [0.2, 0.25) is 5.78 Å². The number of nitrogens with one attached hydrogen (secondary N) is 1. The number of hydrogen-bond acceptors (Lipinski definition) is 2. The third kappa shape index (κ3) is 3.43. The van der Waals surface area contributed by atoms with Gasteiger partial charge in [0.15, 0.2) is 0 Å². The van der Waals surface area contributed by atoms with E-state index in [-0.39, 0.29) is 6.54 Å². The molecule has 0 saturated carbocycles. The van der Waals surface area contributed by atoms with Gasteiger partial charge in [-0.1, -0.05) is 22.0 Å². The summed E-state index contributed by atoms with van der Waals surface area (Å²) in [5, 5.41) is 2.31. The van der Waals surface area contributed by atoms with Crippen molar-refractivity contribution in [2.24, 2.45) is 0 Å². The molecule has 1 rings (SSSR count). The predicted octanol–water partition coefficient (Wildman–Crippen LogP) is 1.79. The summed E-state index contributed by atoms with van der Waals surface area (Å²) in [6.07, 6.45) is 0. The summed E-state index contributed by atoms with van der Waals surface area (Å²) in [5.74, 6) is -1.72. The second-order valence-corrected chi connectivity index (χ2v) is 3.89. The SMILES string of the molecule is CC(=O)C(=O)NCc1ccc(Br)cc1F. The number of Topliss-reactive ketones (excluding diaryl/α,β-unsaturated/α-hetero) is 1. The molecule has 0 heterocycles. The second kappa shape index (κ2) is 5.02. The first-order valence-corrected chi connectivity index (χ1v) is 5.02. The highest BCUT2D eigenvalue weighted by Crippen LogP contribution is 2.14. The fraction of sp³-hybridized carbons (Fsp3) is 0.200. The van der Waals surface area contributed by atoms with E-state index in [9.17, 15) is 14.0 Å². The Bertz CT molecular complexity index is 406. The molecule has 0 unspecified atom stereocenters. The maximum atomic E-state index is 13.2. The molecule has 0 bridgehead atoms. The lowest BCUT2D eigenvalue weighted by Gasteiger charge is -2.04. The summed E-state index contributed by atoms with van der Waals surface area (Å²) >= 11 is 3.12. The van der Waals surface area contributed by atoms with Crippen LogP contribution in [0.15, 0.2) is 22.7 Å². The fourth-order valence-corrected chi connectivity index (χ4v) is 1.30. The molecule has 1 aromatic rings. The number of hydrogen-bond donors (Lipinski definition) is 1. The van der Waals surface area contributed by atoms with Crippen LogP contribution in [-0.2, 0) is 16.1 Å². The lowest BCUT2D eigenvalue weighted by molar-refractivity contribution is -0.136. The fourth-order valence-electron chi connectivity index (χ4n) is 0.965. The predicted molar refractivity (Wildman–Crippen MR) is 56.6 cm³/mol. The van der Waals surface area contributed by atoms with Crippen LogP contribution in [0.5, 0.6) is 0 Å². The molecule has 0 aromatic heterocycles. The van der Waals surface area contributed by atoms with Gasteiger partial charge >= 0.3 is 0 Å². The third-order valence-corrected chi connectivity index (χ3v) is 2.27. The third-order valence-electron chi connectivity index (χ3n) is 1.77. The zero-order chi connectivity index (χ0) is 11.4. The van der Waals surface area contributed by atoms with Crippen molar-refractivity contribution >= 4 is 27.6 Å². The quantitative estimate of drug-likeness (QED) is 0.854. The van der Waals surface area contributed by atoms with Gasteiger partial charge in [0.1, 0.15) is 5.82 Å². The summed E-state index contributed by atoms with van der Waals surface area (Å²) in [6.45, 7) is 1.17. The molecule has 5 heteroatoms. The molecule has 0 aliphatic carbocycles. The Hall–Kier alpha value is -1.23. The first-order valence-electron chi connectivity index (χ1n) is 4.23. The average Bonchev–Trinajstić information content (AvgIpc) is 2.15. The van der Waals surface area contributed by atoms with Crippen LogP contribution in [0.4, 0.5) is 4.39 Å².